The van der Waals surface area contributed by atoms with Crippen LogP contribution in [0, 0.1) is 6.92 Å². The maximum Gasteiger partial charge on any atom is 0.0743 e. The average Bonchev–Trinajstić information content (AvgIpc) is 3.05. The second-order valence-electron chi connectivity index (χ2n) is 7.06. The highest BCUT2D eigenvalue weighted by atomic mass is 16.5. The molecule has 1 unspecified atom stereocenters. The van der Waals surface area contributed by atoms with Gasteiger partial charge in [0.2, 0.25) is 0 Å². The third-order valence-electron chi connectivity index (χ3n) is 4.74. The Kier molecular flexibility index (Phi) is 5.84. The van der Waals surface area contributed by atoms with Gasteiger partial charge < -0.3 is 15.2 Å². The van der Waals surface area contributed by atoms with Crippen molar-refractivity contribution in [2.75, 3.05) is 6.61 Å². The fourth-order valence-corrected chi connectivity index (χ4v) is 3.72. The van der Waals surface area contributed by atoms with E-state index in [4.69, 9.17) is 9.72 Å². The lowest BCUT2D eigenvalue weighted by Crippen LogP contribution is -2.30. The Morgan fingerprint density at radius 1 is 1.16 bits per heavy atom. The molecule has 0 aliphatic carbocycles. The molecular weight excluding hydrogens is 312 g/mol. The van der Waals surface area contributed by atoms with Gasteiger partial charge in [-0.2, -0.15) is 0 Å². The number of benzene rings is 1. The highest BCUT2D eigenvalue weighted by molar-refractivity contribution is 5.44. The first-order valence-corrected chi connectivity index (χ1v) is 9.09. The van der Waals surface area contributed by atoms with Crippen LogP contribution in [0.2, 0.25) is 0 Å². The topological polar surface area (TPSA) is 54.4 Å². The largest absolute Gasteiger partial charge is 0.396 e. The van der Waals surface area contributed by atoms with E-state index < -0.39 is 0 Å². The molecule has 0 saturated carbocycles. The minimum atomic E-state index is 0.110. The summed E-state index contributed by atoms with van der Waals surface area (Å²) in [6.45, 7) is 7.77. The van der Waals surface area contributed by atoms with E-state index in [1.54, 1.807) is 0 Å². The van der Waals surface area contributed by atoms with Gasteiger partial charge in [-0.15, -0.1) is 0 Å². The van der Waals surface area contributed by atoms with Crippen molar-refractivity contribution in [1.29, 1.82) is 0 Å². The molecule has 0 spiro atoms. The third-order valence-corrected chi connectivity index (χ3v) is 4.74. The molecular formula is C21H28N2O2. The molecule has 0 radical (unpaired) electrons. The summed E-state index contributed by atoms with van der Waals surface area (Å²) in [5.74, 6) is 0. The van der Waals surface area contributed by atoms with Crippen molar-refractivity contribution in [1.82, 2.24) is 10.3 Å². The fraction of sp³-hybridized carbons (Fsp3) is 0.476. The highest BCUT2D eigenvalue weighted by Crippen LogP contribution is 2.34. The standard InChI is InChI=1S/C21H28N2O2/c1-14(2)22-19(9-10-24)21-15(3)23-20(17-12-25-13-18(17)21)11-16-7-5-4-6-8-16/h4-8,14,19,22,24H,9-13H2,1-3H3. The first-order chi connectivity index (χ1) is 12.1. The molecule has 25 heavy (non-hydrogen) atoms. The van der Waals surface area contributed by atoms with E-state index in [9.17, 15) is 5.11 Å². The minimum Gasteiger partial charge on any atom is -0.396 e. The summed E-state index contributed by atoms with van der Waals surface area (Å²) in [6, 6.07) is 10.9. The van der Waals surface area contributed by atoms with Crippen LogP contribution < -0.4 is 5.32 Å². The van der Waals surface area contributed by atoms with E-state index in [0.29, 0.717) is 25.7 Å². The van der Waals surface area contributed by atoms with Crippen molar-refractivity contribution in [3.63, 3.8) is 0 Å². The van der Waals surface area contributed by atoms with Crippen LogP contribution in [0.4, 0.5) is 0 Å². The number of aliphatic hydroxyl groups excluding tert-OH is 1. The van der Waals surface area contributed by atoms with Gasteiger partial charge in [-0.1, -0.05) is 44.2 Å². The van der Waals surface area contributed by atoms with Gasteiger partial charge >= 0.3 is 0 Å². The molecule has 1 aromatic heterocycles. The van der Waals surface area contributed by atoms with E-state index in [1.807, 2.05) is 6.07 Å². The number of aryl methyl sites for hydroxylation is 1. The Morgan fingerprint density at radius 2 is 1.88 bits per heavy atom. The lowest BCUT2D eigenvalue weighted by Gasteiger charge is -2.25. The maximum absolute atomic E-state index is 9.51. The zero-order chi connectivity index (χ0) is 17.8. The van der Waals surface area contributed by atoms with Crippen LogP contribution in [-0.2, 0) is 24.4 Å². The quantitative estimate of drug-likeness (QED) is 0.811. The monoisotopic (exact) mass is 340 g/mol. The molecule has 3 rings (SSSR count). The van der Waals surface area contributed by atoms with Crippen LogP contribution in [0.3, 0.4) is 0 Å². The molecule has 2 N–H and O–H groups in total. The van der Waals surface area contributed by atoms with Crippen LogP contribution in [0.5, 0.6) is 0 Å². The molecule has 0 amide bonds. The SMILES string of the molecule is Cc1nc(Cc2ccccc2)c2c(c1C(CCO)NC(C)C)COC2. The van der Waals surface area contributed by atoms with E-state index >= 15 is 0 Å². The summed E-state index contributed by atoms with van der Waals surface area (Å²) in [4.78, 5) is 4.95. The first kappa shape index (κ1) is 18.1. The van der Waals surface area contributed by atoms with Crippen molar-refractivity contribution < 1.29 is 9.84 Å². The van der Waals surface area contributed by atoms with E-state index in [1.165, 1.54) is 22.3 Å². The summed E-state index contributed by atoms with van der Waals surface area (Å²) in [6.07, 6.45) is 1.51. The molecule has 1 aromatic carbocycles. The average molecular weight is 340 g/mol. The van der Waals surface area contributed by atoms with Crippen LogP contribution in [0.15, 0.2) is 30.3 Å². The molecule has 134 valence electrons. The summed E-state index contributed by atoms with van der Waals surface area (Å²) < 4.78 is 5.79. The number of pyridine rings is 1. The second-order valence-corrected chi connectivity index (χ2v) is 7.06. The number of fused-ring (bicyclic) bond motifs is 1. The number of aromatic nitrogens is 1. The summed E-state index contributed by atoms with van der Waals surface area (Å²) >= 11 is 0. The molecule has 4 heteroatoms. The molecule has 1 aliphatic heterocycles. The molecule has 2 aromatic rings. The summed E-state index contributed by atoms with van der Waals surface area (Å²) in [5, 5.41) is 13.1. The lowest BCUT2D eigenvalue weighted by molar-refractivity contribution is 0.133. The number of nitrogens with zero attached hydrogens (tertiary/aromatic N) is 1. The Morgan fingerprint density at radius 3 is 2.56 bits per heavy atom. The van der Waals surface area contributed by atoms with Gasteiger partial charge in [0, 0.05) is 36.4 Å². The maximum atomic E-state index is 9.51. The second kappa shape index (κ2) is 8.09. The lowest BCUT2D eigenvalue weighted by atomic mass is 9.91. The molecule has 2 heterocycles. The van der Waals surface area contributed by atoms with Gasteiger partial charge in [-0.3, -0.25) is 4.98 Å². The minimum absolute atomic E-state index is 0.110. The van der Waals surface area contributed by atoms with Gasteiger partial charge in [0.1, 0.15) is 0 Å². The van der Waals surface area contributed by atoms with Gasteiger partial charge in [0.05, 0.1) is 18.9 Å². The van der Waals surface area contributed by atoms with Gasteiger partial charge in [0.25, 0.3) is 0 Å². The number of hydrogen-bond donors (Lipinski definition) is 2. The third kappa shape index (κ3) is 4.09. The molecule has 1 aliphatic rings. The van der Waals surface area contributed by atoms with Crippen LogP contribution in [-0.4, -0.2) is 22.7 Å². The number of ether oxygens (including phenoxy) is 1. The molecule has 0 fully saturated rings. The Balaban J connectivity index is 2.00. The molecule has 1 atom stereocenters. The fourth-order valence-electron chi connectivity index (χ4n) is 3.72. The van der Waals surface area contributed by atoms with Gasteiger partial charge in [-0.05, 0) is 30.0 Å². The Bertz CT molecular complexity index is 714. The predicted molar refractivity (Wildman–Crippen MR) is 99.4 cm³/mol. The van der Waals surface area contributed by atoms with Crippen molar-refractivity contribution in [3.05, 3.63) is 64.0 Å². The van der Waals surface area contributed by atoms with Gasteiger partial charge in [0.15, 0.2) is 0 Å². The van der Waals surface area contributed by atoms with Crippen LogP contribution in [0.1, 0.15) is 60.0 Å². The van der Waals surface area contributed by atoms with Crippen molar-refractivity contribution in [2.24, 2.45) is 0 Å². The van der Waals surface area contributed by atoms with Crippen molar-refractivity contribution in [2.45, 2.75) is 58.9 Å². The van der Waals surface area contributed by atoms with Crippen LogP contribution in [0.25, 0.3) is 0 Å². The van der Waals surface area contributed by atoms with Gasteiger partial charge in [-0.25, -0.2) is 0 Å². The normalized spacial score (nSPS) is 14.8. The zero-order valence-electron chi connectivity index (χ0n) is 15.4. The molecule has 0 bridgehead atoms. The van der Waals surface area contributed by atoms with Crippen molar-refractivity contribution in [3.8, 4) is 0 Å². The smallest absolute Gasteiger partial charge is 0.0743 e. The Labute approximate surface area is 150 Å². The summed E-state index contributed by atoms with van der Waals surface area (Å²) in [5.41, 5.74) is 7.15. The molecule has 0 saturated heterocycles. The highest BCUT2D eigenvalue weighted by Gasteiger charge is 2.27. The summed E-state index contributed by atoms with van der Waals surface area (Å²) in [7, 11) is 0. The molecule has 4 nitrogen and oxygen atoms in total. The predicted octanol–water partition coefficient (Wildman–Crippen LogP) is 3.43. The number of rotatable bonds is 7. The zero-order valence-corrected chi connectivity index (χ0v) is 15.4. The van der Waals surface area contributed by atoms with E-state index in [0.717, 1.165) is 17.8 Å². The van der Waals surface area contributed by atoms with Crippen molar-refractivity contribution >= 4 is 0 Å². The van der Waals surface area contributed by atoms with E-state index in [-0.39, 0.29) is 12.6 Å². The van der Waals surface area contributed by atoms with Crippen LogP contribution >= 0.6 is 0 Å². The number of nitrogens with one attached hydrogen (secondary N) is 1. The van der Waals surface area contributed by atoms with E-state index in [2.05, 4.69) is 50.4 Å². The number of hydrogen-bond acceptors (Lipinski definition) is 4. The first-order valence-electron chi connectivity index (χ1n) is 9.09. The Hall–Kier alpha value is -1.75. The number of aliphatic hydroxyl groups is 1.